The zero-order valence-electron chi connectivity index (χ0n) is 15.5. The van der Waals surface area contributed by atoms with Gasteiger partial charge in [-0.05, 0) is 0 Å². The van der Waals surface area contributed by atoms with E-state index in [2.05, 4.69) is 40.4 Å². The molecule has 3 heteroatoms. The standard InChI is InChI=1S/C21H39P.ClH.Pd/c1-2-18-22(19-12-6-3-7-13-19,20-14-8-4-9-15-20)21-16-10-5-11-17-21;;/h2,19-22H,1,3-18H2;1H;/q;;+1/p-1. The summed E-state index contributed by atoms with van der Waals surface area (Å²) in [6.07, 6.45) is 27.2. The Bertz CT molecular complexity index is 296. The second kappa shape index (κ2) is 11.8. The molecule has 0 amide bonds. The van der Waals surface area contributed by atoms with Gasteiger partial charge in [0.25, 0.3) is 0 Å². The van der Waals surface area contributed by atoms with Gasteiger partial charge < -0.3 is 0 Å². The molecule has 145 valence electrons. The molecule has 3 aliphatic carbocycles. The number of allylic oxidation sites excluding steroid dienone is 1. The van der Waals surface area contributed by atoms with E-state index in [9.17, 15) is 0 Å². The Labute approximate surface area is 166 Å². The Balaban J connectivity index is 0.00000100. The van der Waals surface area contributed by atoms with E-state index in [1.165, 1.54) is 63.9 Å². The number of hydrogen-bond acceptors (Lipinski definition) is 0. The molecule has 0 saturated heterocycles. The zero-order chi connectivity index (χ0) is 17.3. The molecule has 3 saturated carbocycles. The Morgan fingerprint density at radius 2 is 0.958 bits per heavy atom. The van der Waals surface area contributed by atoms with Crippen molar-refractivity contribution in [3.63, 3.8) is 0 Å². The van der Waals surface area contributed by atoms with Gasteiger partial charge in [-0.2, -0.15) is 0 Å². The average Bonchev–Trinajstić information content (AvgIpc) is 2.70. The quantitative estimate of drug-likeness (QED) is 0.223. The summed E-state index contributed by atoms with van der Waals surface area (Å²) in [5.41, 5.74) is 3.47. The summed E-state index contributed by atoms with van der Waals surface area (Å²) in [4.78, 5) is 0. The van der Waals surface area contributed by atoms with Crippen molar-refractivity contribution in [3.8, 4) is 0 Å². The van der Waals surface area contributed by atoms with Crippen molar-refractivity contribution in [2.24, 2.45) is 0 Å². The average molecular weight is 464 g/mol. The second-order valence-corrected chi connectivity index (χ2v) is 13.7. The predicted molar refractivity (Wildman–Crippen MR) is 110 cm³/mol. The molecule has 0 aromatic rings. The summed E-state index contributed by atoms with van der Waals surface area (Å²) in [7, 11) is 3.28. The summed E-state index contributed by atoms with van der Waals surface area (Å²) >= 11 is 2.22. The minimum absolute atomic E-state index is 1.16. The summed E-state index contributed by atoms with van der Waals surface area (Å²) in [5, 5.41) is 0. The maximum atomic E-state index is 4.49. The van der Waals surface area contributed by atoms with Crippen LogP contribution in [0.2, 0.25) is 0 Å². The summed E-state index contributed by atoms with van der Waals surface area (Å²) in [6.45, 7) is 4.26. The van der Waals surface area contributed by atoms with Crippen LogP contribution in [0.3, 0.4) is 0 Å². The molecular formula is C21H39ClPPd. The van der Waals surface area contributed by atoms with Gasteiger partial charge in [-0.15, -0.1) is 0 Å². The molecule has 0 spiro atoms. The Kier molecular flexibility index (Phi) is 10.5. The second-order valence-electron chi connectivity index (χ2n) is 8.61. The van der Waals surface area contributed by atoms with Crippen LogP contribution in [0.4, 0.5) is 0 Å². The molecular weight excluding hydrogens is 425 g/mol. The van der Waals surface area contributed by atoms with Crippen molar-refractivity contribution >= 4 is 16.8 Å². The predicted octanol–water partition coefficient (Wildman–Crippen LogP) is 7.61. The van der Waals surface area contributed by atoms with Crippen LogP contribution in [-0.4, -0.2) is 23.1 Å². The molecule has 0 heterocycles. The molecule has 0 bridgehead atoms. The van der Waals surface area contributed by atoms with Gasteiger partial charge in [0, 0.05) is 0 Å². The molecule has 0 aliphatic heterocycles. The van der Waals surface area contributed by atoms with Crippen LogP contribution in [0.25, 0.3) is 0 Å². The molecule has 3 rings (SSSR count). The Morgan fingerprint density at radius 3 is 1.21 bits per heavy atom. The molecule has 0 aromatic carbocycles. The topological polar surface area (TPSA) is 0 Å². The van der Waals surface area contributed by atoms with Crippen molar-refractivity contribution in [2.75, 3.05) is 6.16 Å². The molecule has 24 heavy (non-hydrogen) atoms. The van der Waals surface area contributed by atoms with Crippen LogP contribution in [0.1, 0.15) is 96.3 Å². The van der Waals surface area contributed by atoms with E-state index >= 15 is 0 Å². The number of hydrogen-bond donors (Lipinski definition) is 0. The van der Waals surface area contributed by atoms with Crippen LogP contribution < -0.4 is 0 Å². The fourth-order valence-electron chi connectivity index (χ4n) is 6.67. The van der Waals surface area contributed by atoms with E-state index in [0.29, 0.717) is 0 Å². The van der Waals surface area contributed by atoms with Gasteiger partial charge >= 0.3 is 167 Å². The maximum absolute atomic E-state index is 4.49. The minimum atomic E-state index is -1.21. The third kappa shape index (κ3) is 5.10. The molecule has 0 unspecified atom stereocenters. The zero-order valence-corrected chi connectivity index (χ0v) is 18.8. The van der Waals surface area contributed by atoms with E-state index in [0.717, 1.165) is 17.0 Å². The van der Waals surface area contributed by atoms with Crippen molar-refractivity contribution < 1.29 is 18.2 Å². The van der Waals surface area contributed by atoms with Crippen molar-refractivity contribution in [3.05, 3.63) is 12.7 Å². The van der Waals surface area contributed by atoms with E-state index in [4.69, 9.17) is 0 Å². The van der Waals surface area contributed by atoms with Crippen LogP contribution in [0.15, 0.2) is 12.7 Å². The summed E-state index contributed by atoms with van der Waals surface area (Å²) in [6, 6.07) is 0. The fourth-order valence-corrected chi connectivity index (χ4v) is 14.6. The van der Waals surface area contributed by atoms with Crippen LogP contribution in [-0.2, 0) is 18.2 Å². The first-order valence-electron chi connectivity index (χ1n) is 10.6. The molecule has 3 fully saturated rings. The monoisotopic (exact) mass is 463 g/mol. The van der Waals surface area contributed by atoms with Gasteiger partial charge in [-0.3, -0.25) is 0 Å². The van der Waals surface area contributed by atoms with Gasteiger partial charge in [0.15, 0.2) is 0 Å². The SMILES string of the molecule is C=CC[PH](C1CCCCC1)(C1CCCCC1)C1CCCCC1.[Cl][Pd]. The van der Waals surface area contributed by atoms with Crippen molar-refractivity contribution in [2.45, 2.75) is 113 Å². The first kappa shape index (κ1) is 21.4. The van der Waals surface area contributed by atoms with Crippen molar-refractivity contribution in [1.29, 1.82) is 0 Å². The van der Waals surface area contributed by atoms with E-state index in [-0.39, 0.29) is 0 Å². The van der Waals surface area contributed by atoms with Crippen molar-refractivity contribution in [1.82, 2.24) is 0 Å². The molecule has 0 aromatic heterocycles. The van der Waals surface area contributed by atoms with Crippen LogP contribution in [0, 0.1) is 0 Å². The summed E-state index contributed by atoms with van der Waals surface area (Å²) in [5.74, 6) is 0. The Hall–Kier alpha value is 1.12. The Morgan fingerprint density at radius 1 is 0.667 bits per heavy atom. The molecule has 3 aliphatic rings. The molecule has 0 nitrogen and oxygen atoms in total. The third-order valence-electron chi connectivity index (χ3n) is 7.59. The molecule has 0 radical (unpaired) electrons. The summed E-state index contributed by atoms with van der Waals surface area (Å²) < 4.78 is 0. The van der Waals surface area contributed by atoms with Gasteiger partial charge in [-0.1, -0.05) is 0 Å². The van der Waals surface area contributed by atoms with Gasteiger partial charge in [0.1, 0.15) is 0 Å². The molecule has 0 N–H and O–H groups in total. The molecule has 0 atom stereocenters. The number of halogens is 1. The van der Waals surface area contributed by atoms with Gasteiger partial charge in [0.2, 0.25) is 0 Å². The van der Waals surface area contributed by atoms with Crippen LogP contribution in [0.5, 0.6) is 0 Å². The normalized spacial score (nSPS) is 25.6. The van der Waals surface area contributed by atoms with E-state index in [1.807, 2.05) is 0 Å². The van der Waals surface area contributed by atoms with E-state index in [1.54, 1.807) is 38.5 Å². The van der Waals surface area contributed by atoms with E-state index < -0.39 is 7.26 Å². The van der Waals surface area contributed by atoms with Gasteiger partial charge in [-0.25, -0.2) is 0 Å². The number of rotatable bonds is 5. The first-order valence-corrected chi connectivity index (χ1v) is 15.0. The fraction of sp³-hybridized carbons (Fsp3) is 0.905. The van der Waals surface area contributed by atoms with Crippen LogP contribution >= 0.6 is 16.8 Å². The van der Waals surface area contributed by atoms with Gasteiger partial charge in [0.05, 0.1) is 0 Å². The third-order valence-corrected chi connectivity index (χ3v) is 14.9. The first-order chi connectivity index (χ1) is 11.9.